The van der Waals surface area contributed by atoms with E-state index in [9.17, 15) is 10.2 Å². The van der Waals surface area contributed by atoms with Crippen LogP contribution in [0.2, 0.25) is 0 Å². The van der Waals surface area contributed by atoms with Crippen LogP contribution in [0.3, 0.4) is 0 Å². The Morgan fingerprint density at radius 2 is 1.86 bits per heavy atom. The molecule has 0 saturated carbocycles. The Morgan fingerprint density at radius 3 is 2.52 bits per heavy atom. The summed E-state index contributed by atoms with van der Waals surface area (Å²) in [6.45, 7) is 2.18. The molecule has 0 aromatic carbocycles. The number of piperidine rings is 1. The van der Waals surface area contributed by atoms with E-state index < -0.39 is 0 Å². The summed E-state index contributed by atoms with van der Waals surface area (Å²) in [4.78, 5) is 14.1. The smallest absolute Gasteiger partial charge is 0.142 e. The molecule has 21 heavy (non-hydrogen) atoms. The van der Waals surface area contributed by atoms with E-state index in [0.717, 1.165) is 55.6 Å². The minimum absolute atomic E-state index is 0.0737. The second-order valence-electron chi connectivity index (χ2n) is 5.87. The van der Waals surface area contributed by atoms with Crippen molar-refractivity contribution in [2.75, 3.05) is 31.2 Å². The van der Waals surface area contributed by atoms with Crippen molar-refractivity contribution in [3.8, 4) is 0 Å². The van der Waals surface area contributed by atoms with E-state index in [1.165, 1.54) is 0 Å². The molecule has 0 bridgehead atoms. The first-order valence-electron chi connectivity index (χ1n) is 7.53. The third-order valence-electron chi connectivity index (χ3n) is 4.74. The van der Waals surface area contributed by atoms with Crippen LogP contribution < -0.4 is 4.90 Å². The standard InChI is InChI=1S/C15H22N4O2/c20-9-4-15(5-10-21)2-7-19(8-3-15)14-12-1-6-16-13(12)17-11-18-14/h1,6,11,20-21H,2-5,7-10H2,(H,16,17,18). The van der Waals surface area contributed by atoms with Gasteiger partial charge in [0.25, 0.3) is 0 Å². The summed E-state index contributed by atoms with van der Waals surface area (Å²) in [6, 6.07) is 2.01. The van der Waals surface area contributed by atoms with Crippen LogP contribution in [0.15, 0.2) is 18.6 Å². The largest absolute Gasteiger partial charge is 0.396 e. The van der Waals surface area contributed by atoms with Gasteiger partial charge in [0, 0.05) is 32.5 Å². The zero-order chi connectivity index (χ0) is 14.7. The highest BCUT2D eigenvalue weighted by atomic mass is 16.3. The topological polar surface area (TPSA) is 85.3 Å². The maximum atomic E-state index is 9.29. The average Bonchev–Trinajstić information content (AvgIpc) is 2.97. The lowest BCUT2D eigenvalue weighted by molar-refractivity contribution is 0.106. The Labute approximate surface area is 123 Å². The Balaban J connectivity index is 1.77. The number of nitrogens with one attached hydrogen (secondary N) is 1. The van der Waals surface area contributed by atoms with Crippen LogP contribution in [0.25, 0.3) is 11.0 Å². The number of rotatable bonds is 5. The second kappa shape index (κ2) is 5.99. The molecule has 114 valence electrons. The Morgan fingerprint density at radius 1 is 1.14 bits per heavy atom. The molecule has 0 amide bonds. The molecular weight excluding hydrogens is 268 g/mol. The summed E-state index contributed by atoms with van der Waals surface area (Å²) in [5.41, 5.74) is 0.937. The summed E-state index contributed by atoms with van der Waals surface area (Å²) in [5.74, 6) is 0.975. The Kier molecular flexibility index (Phi) is 4.07. The zero-order valence-corrected chi connectivity index (χ0v) is 12.1. The lowest BCUT2D eigenvalue weighted by Crippen LogP contribution is -2.41. The lowest BCUT2D eigenvalue weighted by Gasteiger charge is -2.42. The number of nitrogens with zero attached hydrogens (tertiary/aromatic N) is 3. The normalized spacial score (nSPS) is 18.3. The molecular formula is C15H22N4O2. The van der Waals surface area contributed by atoms with E-state index in [1.54, 1.807) is 6.33 Å². The number of anilines is 1. The number of fused-ring (bicyclic) bond motifs is 1. The fraction of sp³-hybridized carbons (Fsp3) is 0.600. The van der Waals surface area contributed by atoms with Crippen molar-refractivity contribution in [3.63, 3.8) is 0 Å². The number of hydrogen-bond acceptors (Lipinski definition) is 5. The molecule has 1 aliphatic heterocycles. The monoisotopic (exact) mass is 290 g/mol. The van der Waals surface area contributed by atoms with Crippen molar-refractivity contribution in [3.05, 3.63) is 18.6 Å². The van der Waals surface area contributed by atoms with Crippen molar-refractivity contribution >= 4 is 16.9 Å². The Bertz CT molecular complexity index is 582. The summed E-state index contributed by atoms with van der Waals surface area (Å²) >= 11 is 0. The molecule has 3 N–H and O–H groups in total. The highest BCUT2D eigenvalue weighted by Gasteiger charge is 2.34. The quantitative estimate of drug-likeness (QED) is 0.773. The first-order chi connectivity index (χ1) is 10.3. The highest BCUT2D eigenvalue weighted by Crippen LogP contribution is 2.39. The maximum absolute atomic E-state index is 9.29. The van der Waals surface area contributed by atoms with Crippen molar-refractivity contribution in [1.82, 2.24) is 15.0 Å². The molecule has 0 unspecified atom stereocenters. The minimum Gasteiger partial charge on any atom is -0.396 e. The summed E-state index contributed by atoms with van der Waals surface area (Å²) in [7, 11) is 0. The number of aromatic nitrogens is 3. The van der Waals surface area contributed by atoms with Crippen molar-refractivity contribution in [2.45, 2.75) is 25.7 Å². The molecule has 2 aromatic heterocycles. The molecule has 6 heteroatoms. The van der Waals surface area contributed by atoms with Gasteiger partial charge in [0.05, 0.1) is 5.39 Å². The second-order valence-corrected chi connectivity index (χ2v) is 5.87. The molecule has 2 aromatic rings. The minimum atomic E-state index is 0.0737. The molecule has 0 atom stereocenters. The summed E-state index contributed by atoms with van der Waals surface area (Å²) in [5, 5.41) is 19.6. The van der Waals surface area contributed by atoms with Gasteiger partial charge in [-0.3, -0.25) is 0 Å². The molecule has 0 radical (unpaired) electrons. The summed E-state index contributed by atoms with van der Waals surface area (Å²) < 4.78 is 0. The predicted octanol–water partition coefficient (Wildman–Crippen LogP) is 1.31. The SMILES string of the molecule is OCCC1(CCO)CCN(c2ncnc3[nH]ccc23)CC1. The number of aliphatic hydroxyl groups is 2. The molecule has 0 spiro atoms. The van der Waals surface area contributed by atoms with Crippen LogP contribution in [-0.4, -0.2) is 51.5 Å². The van der Waals surface area contributed by atoms with E-state index >= 15 is 0 Å². The molecule has 1 saturated heterocycles. The molecule has 0 aliphatic carbocycles. The van der Waals surface area contributed by atoms with Crippen LogP contribution in [0.5, 0.6) is 0 Å². The van der Waals surface area contributed by atoms with Gasteiger partial charge in [-0.05, 0) is 37.2 Å². The van der Waals surface area contributed by atoms with E-state index in [0.29, 0.717) is 0 Å². The van der Waals surface area contributed by atoms with Gasteiger partial charge in [-0.2, -0.15) is 0 Å². The predicted molar refractivity (Wildman–Crippen MR) is 81.2 cm³/mol. The van der Waals surface area contributed by atoms with E-state index in [1.807, 2.05) is 12.3 Å². The van der Waals surface area contributed by atoms with Crippen LogP contribution >= 0.6 is 0 Å². The van der Waals surface area contributed by atoms with Gasteiger partial charge in [0.1, 0.15) is 17.8 Å². The van der Waals surface area contributed by atoms with E-state index in [4.69, 9.17) is 0 Å². The first kappa shape index (κ1) is 14.3. The maximum Gasteiger partial charge on any atom is 0.142 e. The zero-order valence-electron chi connectivity index (χ0n) is 12.1. The molecule has 6 nitrogen and oxygen atoms in total. The van der Waals surface area contributed by atoms with Crippen LogP contribution in [-0.2, 0) is 0 Å². The van der Waals surface area contributed by atoms with Gasteiger partial charge >= 0.3 is 0 Å². The van der Waals surface area contributed by atoms with Crippen molar-refractivity contribution in [1.29, 1.82) is 0 Å². The van der Waals surface area contributed by atoms with Gasteiger partial charge < -0.3 is 20.1 Å². The van der Waals surface area contributed by atoms with Gasteiger partial charge in [0.2, 0.25) is 0 Å². The molecule has 3 rings (SSSR count). The highest BCUT2D eigenvalue weighted by molar-refractivity contribution is 5.87. The van der Waals surface area contributed by atoms with Crippen LogP contribution in [0.1, 0.15) is 25.7 Å². The van der Waals surface area contributed by atoms with Crippen molar-refractivity contribution < 1.29 is 10.2 Å². The fourth-order valence-corrected chi connectivity index (χ4v) is 3.40. The third kappa shape index (κ3) is 2.73. The van der Waals surface area contributed by atoms with E-state index in [-0.39, 0.29) is 18.6 Å². The lowest BCUT2D eigenvalue weighted by atomic mass is 9.73. The molecule has 1 aliphatic rings. The number of aromatic amines is 1. The van der Waals surface area contributed by atoms with Crippen molar-refractivity contribution in [2.24, 2.45) is 5.41 Å². The third-order valence-corrected chi connectivity index (χ3v) is 4.74. The first-order valence-corrected chi connectivity index (χ1v) is 7.53. The van der Waals surface area contributed by atoms with E-state index in [2.05, 4.69) is 19.9 Å². The molecule has 1 fully saturated rings. The summed E-state index contributed by atoms with van der Waals surface area (Å²) in [6.07, 6.45) is 6.97. The van der Waals surface area contributed by atoms with Gasteiger partial charge in [-0.15, -0.1) is 0 Å². The fourth-order valence-electron chi connectivity index (χ4n) is 3.40. The van der Waals surface area contributed by atoms with Crippen LogP contribution in [0, 0.1) is 5.41 Å². The van der Waals surface area contributed by atoms with Gasteiger partial charge in [0.15, 0.2) is 0 Å². The van der Waals surface area contributed by atoms with Gasteiger partial charge in [-0.1, -0.05) is 0 Å². The number of hydrogen-bond donors (Lipinski definition) is 3. The number of H-pyrrole nitrogens is 1. The molecule has 3 heterocycles. The number of aliphatic hydroxyl groups excluding tert-OH is 2. The average molecular weight is 290 g/mol. The van der Waals surface area contributed by atoms with Crippen LogP contribution in [0.4, 0.5) is 5.82 Å². The Hall–Kier alpha value is -1.66. The van der Waals surface area contributed by atoms with Gasteiger partial charge in [-0.25, -0.2) is 9.97 Å².